The Morgan fingerprint density at radius 2 is 1.54 bits per heavy atom. The molecule has 0 aliphatic carbocycles. The first kappa shape index (κ1) is 24.4. The van der Waals surface area contributed by atoms with Crippen molar-refractivity contribution >= 4 is 11.8 Å². The van der Waals surface area contributed by atoms with Crippen molar-refractivity contribution in [2.45, 2.75) is 60.6 Å². The number of carbonyl (C=O) groups is 1. The van der Waals surface area contributed by atoms with Crippen LogP contribution in [0.2, 0.25) is 0 Å². The van der Waals surface area contributed by atoms with Crippen molar-refractivity contribution < 1.29 is 22.7 Å². The first-order valence-corrected chi connectivity index (χ1v) is 8.30. The third kappa shape index (κ3) is 9.33. The zero-order valence-corrected chi connectivity index (χ0v) is 15.3. The van der Waals surface area contributed by atoms with Crippen molar-refractivity contribution in [3.8, 4) is 0 Å². The molecular formula is C18H28F3NO2. The largest absolute Gasteiger partial charge is 0.481 e. The van der Waals surface area contributed by atoms with Gasteiger partial charge in [0, 0.05) is 12.0 Å². The molecule has 0 saturated heterocycles. The average molecular weight is 347 g/mol. The fourth-order valence-corrected chi connectivity index (χ4v) is 1.52. The van der Waals surface area contributed by atoms with Gasteiger partial charge in [0.25, 0.3) is 5.91 Å². The van der Waals surface area contributed by atoms with Gasteiger partial charge in [-0.3, -0.25) is 4.79 Å². The lowest BCUT2D eigenvalue weighted by Crippen LogP contribution is -2.09. The predicted molar refractivity (Wildman–Crippen MR) is 92.4 cm³/mol. The van der Waals surface area contributed by atoms with Crippen molar-refractivity contribution in [1.29, 1.82) is 0 Å². The number of hydrogen-bond donors (Lipinski definition) is 0. The lowest BCUT2D eigenvalue weighted by molar-refractivity contribution is -0.137. The summed E-state index contributed by atoms with van der Waals surface area (Å²) in [6, 6.07) is 3.96. The second kappa shape index (κ2) is 13.6. The minimum Gasteiger partial charge on any atom is -0.481 e. The molecule has 138 valence electrons. The summed E-state index contributed by atoms with van der Waals surface area (Å²) < 4.78 is 42.4. The topological polar surface area (TPSA) is 38.7 Å². The van der Waals surface area contributed by atoms with Crippen LogP contribution >= 0.6 is 0 Å². The van der Waals surface area contributed by atoms with Crippen LogP contribution in [0.3, 0.4) is 0 Å². The minimum absolute atomic E-state index is 0.103. The highest BCUT2D eigenvalue weighted by molar-refractivity contribution is 6.01. The van der Waals surface area contributed by atoms with E-state index < -0.39 is 17.6 Å². The van der Waals surface area contributed by atoms with Crippen LogP contribution in [-0.4, -0.2) is 18.4 Å². The molecule has 0 N–H and O–H groups in total. The summed E-state index contributed by atoms with van der Waals surface area (Å²) in [7, 11) is 0. The van der Waals surface area contributed by atoms with Gasteiger partial charge in [0.2, 0.25) is 0 Å². The van der Waals surface area contributed by atoms with E-state index in [1.165, 1.54) is 0 Å². The number of aliphatic imine (C=N–C) groups is 1. The van der Waals surface area contributed by atoms with Crippen LogP contribution in [0.15, 0.2) is 29.3 Å². The molecule has 1 amide bonds. The highest BCUT2D eigenvalue weighted by atomic mass is 19.4. The zero-order chi connectivity index (χ0) is 19.2. The molecule has 0 unspecified atom stereocenters. The molecule has 0 fully saturated rings. The van der Waals surface area contributed by atoms with Crippen LogP contribution in [0.25, 0.3) is 0 Å². The van der Waals surface area contributed by atoms with E-state index in [-0.39, 0.29) is 5.56 Å². The Balaban J connectivity index is 0. The molecule has 0 atom stereocenters. The van der Waals surface area contributed by atoms with Gasteiger partial charge in [-0.25, -0.2) is 0 Å². The number of rotatable bonds is 4. The maximum atomic E-state index is 12.4. The Hall–Kier alpha value is -1.85. The minimum atomic E-state index is -4.41. The predicted octanol–water partition coefficient (Wildman–Crippen LogP) is 6.13. The standard InChI is InChI=1S/C14H16F3NO2.2C2H6/c1-3-5-12(20-4-2)18-13(19)10-6-8-11(9-7-10)14(15,16)17;2*1-2/h6-9H,3-5H2,1-2H3;2*1-2H3. The average Bonchev–Trinajstić information content (AvgIpc) is 2.58. The number of amides is 1. The summed E-state index contributed by atoms with van der Waals surface area (Å²) in [5.41, 5.74) is -0.692. The number of nitrogens with zero attached hydrogens (tertiary/aromatic N) is 1. The maximum absolute atomic E-state index is 12.4. The molecule has 0 aromatic heterocycles. The van der Waals surface area contributed by atoms with Gasteiger partial charge in [0.05, 0.1) is 12.2 Å². The van der Waals surface area contributed by atoms with E-state index in [1.807, 2.05) is 34.6 Å². The Labute approximate surface area is 142 Å². The van der Waals surface area contributed by atoms with Crippen LogP contribution in [0.4, 0.5) is 13.2 Å². The van der Waals surface area contributed by atoms with E-state index in [4.69, 9.17) is 4.74 Å². The van der Waals surface area contributed by atoms with Crippen molar-refractivity contribution in [3.05, 3.63) is 35.4 Å². The number of benzene rings is 1. The molecular weight excluding hydrogens is 319 g/mol. The van der Waals surface area contributed by atoms with E-state index >= 15 is 0 Å². The molecule has 0 radical (unpaired) electrons. The Morgan fingerprint density at radius 3 is 1.92 bits per heavy atom. The molecule has 6 heteroatoms. The maximum Gasteiger partial charge on any atom is 0.416 e. The molecule has 1 aromatic rings. The van der Waals surface area contributed by atoms with Crippen molar-refractivity contribution in [2.75, 3.05) is 6.61 Å². The van der Waals surface area contributed by atoms with Gasteiger partial charge in [0.15, 0.2) is 5.90 Å². The fraction of sp³-hybridized carbons (Fsp3) is 0.556. The summed E-state index contributed by atoms with van der Waals surface area (Å²) in [5, 5.41) is 0. The van der Waals surface area contributed by atoms with Crippen molar-refractivity contribution in [2.24, 2.45) is 4.99 Å². The molecule has 24 heavy (non-hydrogen) atoms. The van der Waals surface area contributed by atoms with Gasteiger partial charge >= 0.3 is 6.18 Å². The van der Waals surface area contributed by atoms with Gasteiger partial charge in [-0.1, -0.05) is 34.6 Å². The Bertz CT molecular complexity index is 472. The van der Waals surface area contributed by atoms with Gasteiger partial charge in [-0.15, -0.1) is 0 Å². The monoisotopic (exact) mass is 347 g/mol. The number of alkyl halides is 3. The SMILES string of the molecule is CC.CC.CCCC(=NC(=O)c1ccc(C(F)(F)F)cc1)OCC. The molecule has 1 rings (SSSR count). The molecule has 0 heterocycles. The van der Waals surface area contributed by atoms with E-state index in [0.29, 0.717) is 18.9 Å². The number of halogens is 3. The van der Waals surface area contributed by atoms with Crippen LogP contribution in [0, 0.1) is 0 Å². The summed E-state index contributed by atoms with van der Waals surface area (Å²) in [6.45, 7) is 12.1. The highest BCUT2D eigenvalue weighted by Crippen LogP contribution is 2.29. The van der Waals surface area contributed by atoms with Gasteiger partial charge < -0.3 is 4.74 Å². The van der Waals surface area contributed by atoms with E-state index in [2.05, 4.69) is 4.99 Å². The third-order valence-electron chi connectivity index (χ3n) is 2.46. The van der Waals surface area contributed by atoms with Crippen molar-refractivity contribution in [1.82, 2.24) is 0 Å². The van der Waals surface area contributed by atoms with Crippen LogP contribution < -0.4 is 0 Å². The summed E-state index contributed by atoms with van der Waals surface area (Å²) in [6.07, 6.45) is -3.14. The van der Waals surface area contributed by atoms with E-state index in [0.717, 1.165) is 30.7 Å². The molecule has 0 spiro atoms. The van der Waals surface area contributed by atoms with E-state index in [9.17, 15) is 18.0 Å². The number of carbonyl (C=O) groups excluding carboxylic acids is 1. The van der Waals surface area contributed by atoms with Crippen LogP contribution in [-0.2, 0) is 10.9 Å². The third-order valence-corrected chi connectivity index (χ3v) is 2.46. The quantitative estimate of drug-likeness (QED) is 0.485. The molecule has 0 bridgehead atoms. The highest BCUT2D eigenvalue weighted by Gasteiger charge is 2.30. The van der Waals surface area contributed by atoms with Crippen LogP contribution in [0.1, 0.15) is 70.3 Å². The first-order chi connectivity index (χ1) is 11.4. The lowest BCUT2D eigenvalue weighted by atomic mass is 10.1. The fourth-order valence-electron chi connectivity index (χ4n) is 1.52. The molecule has 3 nitrogen and oxygen atoms in total. The summed E-state index contributed by atoms with van der Waals surface area (Å²) >= 11 is 0. The van der Waals surface area contributed by atoms with Crippen LogP contribution in [0.5, 0.6) is 0 Å². The molecule has 0 saturated carbocycles. The molecule has 0 aliphatic rings. The Kier molecular flexibility index (Phi) is 13.8. The number of ether oxygens (including phenoxy) is 1. The number of hydrogen-bond acceptors (Lipinski definition) is 2. The second-order valence-corrected chi connectivity index (χ2v) is 4.07. The summed E-state index contributed by atoms with van der Waals surface area (Å²) in [5.74, 6) is -0.296. The smallest absolute Gasteiger partial charge is 0.416 e. The lowest BCUT2D eigenvalue weighted by Gasteiger charge is -2.07. The molecule has 0 aliphatic heterocycles. The van der Waals surface area contributed by atoms with E-state index in [1.54, 1.807) is 6.92 Å². The normalized spacial score (nSPS) is 10.8. The first-order valence-electron chi connectivity index (χ1n) is 8.30. The van der Waals surface area contributed by atoms with Gasteiger partial charge in [-0.05, 0) is 37.6 Å². The van der Waals surface area contributed by atoms with Gasteiger partial charge in [0.1, 0.15) is 0 Å². The molecule has 1 aromatic carbocycles. The second-order valence-electron chi connectivity index (χ2n) is 4.07. The van der Waals surface area contributed by atoms with Gasteiger partial charge in [-0.2, -0.15) is 18.2 Å². The Morgan fingerprint density at radius 1 is 1.04 bits per heavy atom. The zero-order valence-electron chi connectivity index (χ0n) is 15.3. The summed E-state index contributed by atoms with van der Waals surface area (Å²) in [4.78, 5) is 15.6. The van der Waals surface area contributed by atoms with Crippen molar-refractivity contribution in [3.63, 3.8) is 0 Å².